The summed E-state index contributed by atoms with van der Waals surface area (Å²) in [6.07, 6.45) is 6.42. The Morgan fingerprint density at radius 3 is 2.52 bits per heavy atom. The summed E-state index contributed by atoms with van der Waals surface area (Å²) < 4.78 is 0. The third-order valence-electron chi connectivity index (χ3n) is 5.71. The zero-order chi connectivity index (χ0) is 19.6. The number of carbonyl (C=O) groups excluding carboxylic acids is 1. The van der Waals surface area contributed by atoms with Crippen molar-refractivity contribution in [2.75, 3.05) is 19.6 Å². The average Bonchev–Trinajstić information content (AvgIpc) is 3.44. The molecule has 0 unspecified atom stereocenters. The highest BCUT2D eigenvalue weighted by molar-refractivity contribution is 6.03. The van der Waals surface area contributed by atoms with E-state index in [1.165, 1.54) is 12.8 Å². The lowest BCUT2D eigenvalue weighted by Gasteiger charge is -2.24. The first-order chi connectivity index (χ1) is 14.3. The van der Waals surface area contributed by atoms with E-state index < -0.39 is 0 Å². The number of carbonyl (C=O) groups is 1. The first-order valence-corrected chi connectivity index (χ1v) is 10.2. The topological polar surface area (TPSA) is 61.7 Å². The number of nitrogens with zero attached hydrogens (tertiary/aromatic N) is 5. The summed E-state index contributed by atoms with van der Waals surface area (Å²) in [5.74, 6) is 0.0575. The van der Waals surface area contributed by atoms with Crippen molar-refractivity contribution in [3.05, 3.63) is 72.1 Å². The van der Waals surface area contributed by atoms with E-state index >= 15 is 0 Å². The molecule has 0 aliphatic carbocycles. The molecule has 0 bridgehead atoms. The Morgan fingerprint density at radius 1 is 0.966 bits per heavy atom. The molecule has 0 radical (unpaired) electrons. The number of aromatic nitrogens is 2. The van der Waals surface area contributed by atoms with E-state index in [-0.39, 0.29) is 11.9 Å². The number of fused-ring (bicyclic) bond motifs is 1. The third-order valence-corrected chi connectivity index (χ3v) is 5.71. The quantitative estimate of drug-likeness (QED) is 0.691. The Labute approximate surface area is 169 Å². The van der Waals surface area contributed by atoms with Gasteiger partial charge < -0.3 is 0 Å². The molecule has 0 N–H and O–H groups in total. The molecular formula is C23H23N5O. The Bertz CT molecular complexity index is 1060. The van der Waals surface area contributed by atoms with Crippen LogP contribution in [-0.2, 0) is 4.79 Å². The Morgan fingerprint density at radius 2 is 1.72 bits per heavy atom. The minimum Gasteiger partial charge on any atom is -0.294 e. The molecule has 1 saturated heterocycles. The Kier molecular flexibility index (Phi) is 4.77. The summed E-state index contributed by atoms with van der Waals surface area (Å²) in [6, 6.07) is 16.0. The average molecular weight is 385 g/mol. The van der Waals surface area contributed by atoms with E-state index in [0.717, 1.165) is 41.0 Å². The molecule has 3 heterocycles. The van der Waals surface area contributed by atoms with E-state index in [0.29, 0.717) is 13.0 Å². The number of hydrazone groups is 1. The molecule has 1 aromatic heterocycles. The van der Waals surface area contributed by atoms with Gasteiger partial charge >= 0.3 is 0 Å². The number of hydrogen-bond donors (Lipinski definition) is 0. The van der Waals surface area contributed by atoms with Gasteiger partial charge in [-0.25, -0.2) is 5.01 Å². The predicted molar refractivity (Wildman–Crippen MR) is 112 cm³/mol. The monoisotopic (exact) mass is 385 g/mol. The van der Waals surface area contributed by atoms with Gasteiger partial charge in [-0.15, -0.1) is 0 Å². The number of benzene rings is 2. The standard InChI is InChI=1S/C23H23N5O/c29-23(16-27-12-4-5-13-27)28-22(15-20(26-28)17-6-2-1-3-7-17)18-8-9-19-21(14-18)25-11-10-24-19/h1-3,6-11,14,22H,4-5,12-13,15-16H2/t22-/m0/s1. The molecule has 5 rings (SSSR count). The second-order valence-corrected chi connectivity index (χ2v) is 7.66. The SMILES string of the molecule is O=C(CN1CCCC1)N1N=C(c2ccccc2)C[C@H]1c1ccc2nccnc2c1. The number of likely N-dealkylation sites (tertiary alicyclic amines) is 1. The molecule has 1 fully saturated rings. The zero-order valence-electron chi connectivity index (χ0n) is 16.2. The summed E-state index contributed by atoms with van der Waals surface area (Å²) in [7, 11) is 0. The van der Waals surface area contributed by atoms with E-state index in [1.54, 1.807) is 17.4 Å². The maximum absolute atomic E-state index is 13.2. The molecule has 29 heavy (non-hydrogen) atoms. The van der Waals surface area contributed by atoms with Crippen LogP contribution < -0.4 is 0 Å². The first-order valence-electron chi connectivity index (χ1n) is 10.2. The van der Waals surface area contributed by atoms with Crippen LogP contribution in [0.15, 0.2) is 66.0 Å². The molecule has 0 spiro atoms. The summed E-state index contributed by atoms with van der Waals surface area (Å²) in [6.45, 7) is 2.41. The largest absolute Gasteiger partial charge is 0.294 e. The van der Waals surface area contributed by atoms with Crippen molar-refractivity contribution in [3.8, 4) is 0 Å². The van der Waals surface area contributed by atoms with Crippen molar-refractivity contribution in [1.82, 2.24) is 19.9 Å². The van der Waals surface area contributed by atoms with E-state index in [9.17, 15) is 4.79 Å². The lowest BCUT2D eigenvalue weighted by Crippen LogP contribution is -2.36. The molecule has 2 aliphatic rings. The summed E-state index contributed by atoms with van der Waals surface area (Å²) in [5, 5.41) is 6.47. The van der Waals surface area contributed by atoms with Crippen LogP contribution >= 0.6 is 0 Å². The van der Waals surface area contributed by atoms with Gasteiger partial charge in [0.15, 0.2) is 0 Å². The van der Waals surface area contributed by atoms with Gasteiger partial charge in [0, 0.05) is 18.8 Å². The number of rotatable bonds is 4. The van der Waals surface area contributed by atoms with Crippen LogP contribution in [0.5, 0.6) is 0 Å². The van der Waals surface area contributed by atoms with Crippen molar-refractivity contribution in [2.45, 2.75) is 25.3 Å². The third kappa shape index (κ3) is 3.63. The van der Waals surface area contributed by atoms with Crippen molar-refractivity contribution < 1.29 is 4.79 Å². The normalized spacial score (nSPS) is 19.7. The first kappa shape index (κ1) is 17.9. The fraction of sp³-hybridized carbons (Fsp3) is 0.304. The van der Waals surface area contributed by atoms with Crippen molar-refractivity contribution in [2.24, 2.45) is 5.10 Å². The van der Waals surface area contributed by atoms with Gasteiger partial charge in [-0.3, -0.25) is 19.7 Å². The van der Waals surface area contributed by atoms with Gasteiger partial charge in [0.1, 0.15) is 0 Å². The minimum atomic E-state index is -0.119. The smallest absolute Gasteiger partial charge is 0.257 e. The second kappa shape index (κ2) is 7.72. The van der Waals surface area contributed by atoms with Crippen molar-refractivity contribution in [1.29, 1.82) is 0 Å². The predicted octanol–water partition coefficient (Wildman–Crippen LogP) is 3.40. The highest BCUT2D eigenvalue weighted by Crippen LogP contribution is 2.34. The van der Waals surface area contributed by atoms with Crippen LogP contribution in [0.4, 0.5) is 0 Å². The Balaban J connectivity index is 1.48. The van der Waals surface area contributed by atoms with Crippen LogP contribution in [0.3, 0.4) is 0 Å². The second-order valence-electron chi connectivity index (χ2n) is 7.66. The summed E-state index contributed by atoms with van der Waals surface area (Å²) in [5.41, 5.74) is 4.75. The van der Waals surface area contributed by atoms with E-state index in [2.05, 4.69) is 27.0 Å². The minimum absolute atomic E-state index is 0.0575. The number of hydrogen-bond acceptors (Lipinski definition) is 5. The van der Waals surface area contributed by atoms with Crippen LogP contribution in [-0.4, -0.2) is 51.1 Å². The van der Waals surface area contributed by atoms with E-state index in [1.807, 2.05) is 36.4 Å². The molecule has 1 atom stereocenters. The van der Waals surface area contributed by atoms with Crippen LogP contribution in [0, 0.1) is 0 Å². The van der Waals surface area contributed by atoms with Crippen molar-refractivity contribution >= 4 is 22.7 Å². The lowest BCUT2D eigenvalue weighted by molar-refractivity contribution is -0.134. The molecule has 0 saturated carbocycles. The maximum atomic E-state index is 13.2. The van der Waals surface area contributed by atoms with Gasteiger partial charge in [-0.2, -0.15) is 5.10 Å². The fourth-order valence-corrected chi connectivity index (χ4v) is 4.20. The molecule has 2 aromatic carbocycles. The molecule has 2 aliphatic heterocycles. The van der Waals surface area contributed by atoms with Crippen LogP contribution in [0.25, 0.3) is 11.0 Å². The molecule has 6 heteroatoms. The number of amides is 1. The molecule has 146 valence electrons. The van der Waals surface area contributed by atoms with Gasteiger partial charge in [-0.05, 0) is 49.2 Å². The molecule has 6 nitrogen and oxygen atoms in total. The fourth-order valence-electron chi connectivity index (χ4n) is 4.20. The van der Waals surface area contributed by atoms with Gasteiger partial charge in [0.25, 0.3) is 5.91 Å². The summed E-state index contributed by atoms with van der Waals surface area (Å²) in [4.78, 5) is 24.2. The highest BCUT2D eigenvalue weighted by atomic mass is 16.2. The van der Waals surface area contributed by atoms with E-state index in [4.69, 9.17) is 5.10 Å². The van der Waals surface area contributed by atoms with Gasteiger partial charge in [-0.1, -0.05) is 36.4 Å². The lowest BCUT2D eigenvalue weighted by atomic mass is 9.98. The maximum Gasteiger partial charge on any atom is 0.257 e. The molecular weight excluding hydrogens is 362 g/mol. The zero-order valence-corrected chi connectivity index (χ0v) is 16.2. The van der Waals surface area contributed by atoms with Crippen LogP contribution in [0.1, 0.15) is 36.4 Å². The summed E-state index contributed by atoms with van der Waals surface area (Å²) >= 11 is 0. The molecule has 1 amide bonds. The van der Waals surface area contributed by atoms with Crippen LogP contribution in [0.2, 0.25) is 0 Å². The molecule has 3 aromatic rings. The Hall–Kier alpha value is -3.12. The van der Waals surface area contributed by atoms with Gasteiger partial charge in [0.05, 0.1) is 29.3 Å². The highest BCUT2D eigenvalue weighted by Gasteiger charge is 2.34. The van der Waals surface area contributed by atoms with Crippen molar-refractivity contribution in [3.63, 3.8) is 0 Å². The van der Waals surface area contributed by atoms with Gasteiger partial charge in [0.2, 0.25) is 0 Å².